The van der Waals surface area contributed by atoms with E-state index in [1.54, 1.807) is 33.5 Å². The molecule has 9 nitrogen and oxygen atoms in total. The third kappa shape index (κ3) is 7.47. The average molecular weight is 626 g/mol. The molecule has 1 aliphatic heterocycles. The van der Waals surface area contributed by atoms with Gasteiger partial charge in [0.25, 0.3) is 0 Å². The topological polar surface area (TPSA) is 93.1 Å². The number of hydrogen-bond donors (Lipinski definition) is 1. The van der Waals surface area contributed by atoms with Gasteiger partial charge in [0.05, 0.1) is 27.9 Å². The van der Waals surface area contributed by atoms with Crippen LogP contribution in [0.15, 0.2) is 73.1 Å². The molecule has 0 fully saturated rings. The Labute approximate surface area is 271 Å². The van der Waals surface area contributed by atoms with E-state index in [-0.39, 0.29) is 12.0 Å². The van der Waals surface area contributed by atoms with Crippen LogP contribution in [0.25, 0.3) is 11.6 Å². The van der Waals surface area contributed by atoms with Crippen molar-refractivity contribution in [2.45, 2.75) is 45.6 Å². The van der Waals surface area contributed by atoms with Crippen molar-refractivity contribution in [3.63, 3.8) is 0 Å². The van der Waals surface area contributed by atoms with Crippen LogP contribution in [0.2, 0.25) is 0 Å². The Morgan fingerprint density at radius 2 is 1.72 bits per heavy atom. The second-order valence-corrected chi connectivity index (χ2v) is 12.0. The zero-order valence-corrected chi connectivity index (χ0v) is 27.5. The van der Waals surface area contributed by atoms with Crippen LogP contribution in [-0.4, -0.2) is 49.5 Å². The number of carbonyl (C=O) groups is 1. The first-order valence-electron chi connectivity index (χ1n) is 15.5. The minimum atomic E-state index is -0.669. The summed E-state index contributed by atoms with van der Waals surface area (Å²) in [7, 11) is 6.64. The summed E-state index contributed by atoms with van der Waals surface area (Å²) >= 11 is 0. The Balaban J connectivity index is 1.22. The lowest BCUT2D eigenvalue weighted by atomic mass is 9.86. The van der Waals surface area contributed by atoms with Crippen LogP contribution >= 0.6 is 0 Å². The van der Waals surface area contributed by atoms with E-state index in [9.17, 15) is 4.79 Å². The van der Waals surface area contributed by atoms with Gasteiger partial charge in [0.1, 0.15) is 46.4 Å². The van der Waals surface area contributed by atoms with Gasteiger partial charge < -0.3 is 33.6 Å². The third-order valence-electron chi connectivity index (χ3n) is 8.31. The highest BCUT2D eigenvalue weighted by atomic mass is 16.5. The van der Waals surface area contributed by atoms with Gasteiger partial charge in [-0.25, -0.2) is 4.98 Å². The number of nitrogens with zero attached hydrogens (tertiary/aromatic N) is 2. The van der Waals surface area contributed by atoms with Crippen LogP contribution < -0.4 is 29.0 Å². The highest BCUT2D eigenvalue weighted by Crippen LogP contribution is 2.41. The number of anilines is 1. The van der Waals surface area contributed by atoms with Gasteiger partial charge in [-0.05, 0) is 55.5 Å². The van der Waals surface area contributed by atoms with Crippen molar-refractivity contribution in [3.8, 4) is 28.7 Å². The van der Waals surface area contributed by atoms with Crippen molar-refractivity contribution >= 4 is 23.2 Å². The van der Waals surface area contributed by atoms with Crippen molar-refractivity contribution in [2.75, 3.05) is 33.3 Å². The third-order valence-corrected chi connectivity index (χ3v) is 8.31. The number of hydrogen-bond acceptors (Lipinski definition) is 7. The van der Waals surface area contributed by atoms with Crippen molar-refractivity contribution in [2.24, 2.45) is 12.5 Å². The molecule has 1 aromatic heterocycles. The largest absolute Gasteiger partial charge is 0.496 e. The summed E-state index contributed by atoms with van der Waals surface area (Å²) in [6.07, 6.45) is 8.84. The first-order chi connectivity index (χ1) is 22.2. The fraction of sp³-hybridized carbons (Fsp3) is 0.351. The molecule has 0 radical (unpaired) electrons. The lowest BCUT2D eigenvalue weighted by molar-refractivity contribution is -0.124. The number of imidazole rings is 1. The normalized spacial score (nSPS) is 14.0. The number of aryl methyl sites for hydroxylation is 2. The molecular formula is C37H43N3O6. The van der Waals surface area contributed by atoms with Gasteiger partial charge in [0.2, 0.25) is 5.91 Å². The zero-order valence-electron chi connectivity index (χ0n) is 27.5. The van der Waals surface area contributed by atoms with Crippen molar-refractivity contribution in [1.29, 1.82) is 0 Å². The maximum Gasteiger partial charge on any atom is 0.230 e. The number of nitrogens with one attached hydrogen (secondary N) is 1. The van der Waals surface area contributed by atoms with E-state index >= 15 is 0 Å². The number of amides is 1. The number of aromatic nitrogens is 2. The molecule has 4 aromatic rings. The summed E-state index contributed by atoms with van der Waals surface area (Å²) in [5.41, 5.74) is 3.08. The average Bonchev–Trinajstić information content (AvgIpc) is 3.50. The molecule has 1 aliphatic rings. The van der Waals surface area contributed by atoms with Gasteiger partial charge in [0.15, 0.2) is 0 Å². The molecule has 9 heteroatoms. The predicted molar refractivity (Wildman–Crippen MR) is 180 cm³/mol. The van der Waals surface area contributed by atoms with Crippen molar-refractivity contribution in [3.05, 3.63) is 90.0 Å². The van der Waals surface area contributed by atoms with Crippen molar-refractivity contribution < 1.29 is 28.5 Å². The maximum atomic E-state index is 13.3. The Kier molecular flexibility index (Phi) is 10.2. The molecule has 5 rings (SSSR count). The Morgan fingerprint density at radius 3 is 2.37 bits per heavy atom. The van der Waals surface area contributed by atoms with Crippen LogP contribution in [-0.2, 0) is 18.3 Å². The summed E-state index contributed by atoms with van der Waals surface area (Å²) in [6.45, 7) is 4.29. The summed E-state index contributed by atoms with van der Waals surface area (Å²) in [6, 6.07) is 19.8. The molecule has 242 valence electrons. The van der Waals surface area contributed by atoms with Gasteiger partial charge in [-0.2, -0.15) is 0 Å². The van der Waals surface area contributed by atoms with Gasteiger partial charge in [0, 0.05) is 48.1 Å². The first kappa shape index (κ1) is 32.5. The van der Waals surface area contributed by atoms with Gasteiger partial charge in [-0.1, -0.05) is 44.2 Å². The number of ether oxygens (including phenoxy) is 5. The smallest absolute Gasteiger partial charge is 0.230 e. The number of fused-ring (bicyclic) bond motifs is 1. The van der Waals surface area contributed by atoms with E-state index < -0.39 is 5.41 Å². The van der Waals surface area contributed by atoms with Crippen LogP contribution in [0, 0.1) is 5.41 Å². The number of carbonyl (C=O) groups excluding carboxylic acids is 1. The van der Waals surface area contributed by atoms with E-state index in [2.05, 4.69) is 40.6 Å². The van der Waals surface area contributed by atoms with Crippen LogP contribution in [0.5, 0.6) is 28.7 Å². The Hall–Kier alpha value is -4.92. The fourth-order valence-electron chi connectivity index (χ4n) is 5.55. The van der Waals surface area contributed by atoms with Crippen LogP contribution in [0.3, 0.4) is 0 Å². The minimum Gasteiger partial charge on any atom is -0.496 e. The number of methoxy groups -OCH3 is 3. The summed E-state index contributed by atoms with van der Waals surface area (Å²) < 4.78 is 31.0. The zero-order chi connectivity index (χ0) is 32.7. The minimum absolute atomic E-state index is 0.119. The molecular weight excluding hydrogens is 582 g/mol. The first-order valence-corrected chi connectivity index (χ1v) is 15.5. The molecule has 0 bridgehead atoms. The lowest BCUT2D eigenvalue weighted by Gasteiger charge is -2.28. The van der Waals surface area contributed by atoms with E-state index in [1.165, 1.54) is 5.56 Å². The SMILES string of the molecule is COc1cc(OC)c(NC(=O)C(C)(C)CCCOc2ccc3c(c2)C=C(c2nccn2C)C(CCc2ccccc2)O3)c(OC)c1. The van der Waals surface area contributed by atoms with E-state index in [0.717, 1.165) is 41.3 Å². The summed E-state index contributed by atoms with van der Waals surface area (Å²) in [5, 5.41) is 2.99. The van der Waals surface area contributed by atoms with E-state index in [0.29, 0.717) is 42.4 Å². The molecule has 3 aromatic carbocycles. The molecule has 0 aliphatic carbocycles. The van der Waals surface area contributed by atoms with E-state index in [1.807, 2.05) is 62.1 Å². The number of benzene rings is 3. The van der Waals surface area contributed by atoms with E-state index in [4.69, 9.17) is 23.7 Å². The highest BCUT2D eigenvalue weighted by Gasteiger charge is 2.30. The molecule has 1 unspecified atom stereocenters. The molecule has 0 saturated carbocycles. The summed E-state index contributed by atoms with van der Waals surface area (Å²) in [4.78, 5) is 18.0. The molecule has 1 atom stereocenters. The standard InChI is InChI=1S/C37H43N3O6/c1-37(2,36(41)39-34-32(43-5)23-28(42-4)24-33(34)44-6)17-10-20-45-27-14-16-30-26(21-27)22-29(35-38-18-19-40(35)3)31(46-30)15-13-25-11-8-7-9-12-25/h7-9,11-12,14,16,18-19,21-24,31H,10,13,15,17,20H2,1-6H3,(H,39,41). The molecule has 1 amide bonds. The molecule has 46 heavy (non-hydrogen) atoms. The maximum absolute atomic E-state index is 13.3. The monoisotopic (exact) mass is 625 g/mol. The fourth-order valence-corrected chi connectivity index (χ4v) is 5.55. The molecule has 1 N–H and O–H groups in total. The Morgan fingerprint density at radius 1 is 0.978 bits per heavy atom. The quantitative estimate of drug-likeness (QED) is 0.148. The molecule has 2 heterocycles. The molecule has 0 spiro atoms. The second kappa shape index (κ2) is 14.5. The van der Waals surface area contributed by atoms with Crippen LogP contribution in [0.4, 0.5) is 5.69 Å². The number of rotatable bonds is 14. The predicted octanol–water partition coefficient (Wildman–Crippen LogP) is 7.20. The lowest BCUT2D eigenvalue weighted by Crippen LogP contribution is -2.31. The van der Waals surface area contributed by atoms with Crippen LogP contribution in [0.1, 0.15) is 50.1 Å². The summed E-state index contributed by atoms with van der Waals surface area (Å²) in [5.74, 6) is 3.81. The van der Waals surface area contributed by atoms with Crippen molar-refractivity contribution in [1.82, 2.24) is 9.55 Å². The molecule has 0 saturated heterocycles. The highest BCUT2D eigenvalue weighted by molar-refractivity contribution is 5.97. The van der Waals surface area contributed by atoms with Gasteiger partial charge in [-0.15, -0.1) is 0 Å². The van der Waals surface area contributed by atoms with Gasteiger partial charge >= 0.3 is 0 Å². The van der Waals surface area contributed by atoms with Gasteiger partial charge in [-0.3, -0.25) is 4.79 Å². The Bertz CT molecular complexity index is 1650. The second-order valence-electron chi connectivity index (χ2n) is 12.0.